The largest absolute Gasteiger partial charge is 0.443 e. The van der Waals surface area contributed by atoms with Crippen molar-refractivity contribution in [2.75, 3.05) is 0 Å². The van der Waals surface area contributed by atoms with E-state index in [1.54, 1.807) is 0 Å². The molecule has 0 radical (unpaired) electrons. The summed E-state index contributed by atoms with van der Waals surface area (Å²) in [5, 5.41) is 0. The predicted molar refractivity (Wildman–Crippen MR) is 61.2 cm³/mol. The lowest BCUT2D eigenvalue weighted by atomic mass is 9.93. The molecule has 0 aromatic rings. The number of carbonyl (C=O) groups is 1. The van der Waals surface area contributed by atoms with E-state index in [1.807, 2.05) is 11.8 Å². The van der Waals surface area contributed by atoms with Crippen LogP contribution in [0.15, 0.2) is 0 Å². The Bertz CT molecular complexity index is 297. The van der Waals surface area contributed by atoms with Crippen LogP contribution in [0.4, 0.5) is 4.79 Å². The van der Waals surface area contributed by atoms with Crippen molar-refractivity contribution in [3.8, 4) is 0 Å². The second kappa shape index (κ2) is 3.38. The highest BCUT2D eigenvalue weighted by Gasteiger charge is 2.47. The maximum atomic E-state index is 12.1. The van der Waals surface area contributed by atoms with Gasteiger partial charge in [0, 0.05) is 12.1 Å². The Morgan fingerprint density at radius 3 is 2.31 bits per heavy atom. The number of hydrogen-bond donors (Lipinski definition) is 0. The minimum atomic E-state index is -0.125. The molecule has 2 heterocycles. The average Bonchev–Trinajstić information content (AvgIpc) is 2.84. The van der Waals surface area contributed by atoms with Crippen LogP contribution in [0.3, 0.4) is 0 Å². The summed E-state index contributed by atoms with van der Waals surface area (Å²) in [6, 6.07) is 0.923. The number of fused-ring (bicyclic) bond motifs is 2. The zero-order valence-electron chi connectivity index (χ0n) is 10.2. The summed E-state index contributed by atoms with van der Waals surface area (Å²) >= 11 is 0. The van der Waals surface area contributed by atoms with Gasteiger partial charge in [-0.1, -0.05) is 6.92 Å². The number of carbonyl (C=O) groups excluding carboxylic acids is 1. The fourth-order valence-corrected chi connectivity index (χ4v) is 3.29. The van der Waals surface area contributed by atoms with E-state index in [0.29, 0.717) is 12.1 Å². The van der Waals surface area contributed by atoms with Crippen LogP contribution >= 0.6 is 0 Å². The fraction of sp³-hybridized carbons (Fsp3) is 0.923. The summed E-state index contributed by atoms with van der Waals surface area (Å²) in [4.78, 5) is 14.2. The molecule has 0 spiro atoms. The molecule has 1 amide bonds. The lowest BCUT2D eigenvalue weighted by Crippen LogP contribution is -2.47. The standard InChI is InChI=1S/C13H21NO2/c1-9-7-10-3-4-11(8-9)14(10)12(15)16-13(2)5-6-13/h9-11H,3-8H2,1-2H3. The van der Waals surface area contributed by atoms with Gasteiger partial charge in [-0.25, -0.2) is 4.79 Å². The van der Waals surface area contributed by atoms with Gasteiger partial charge >= 0.3 is 6.09 Å². The van der Waals surface area contributed by atoms with Gasteiger partial charge in [0.1, 0.15) is 5.60 Å². The van der Waals surface area contributed by atoms with Gasteiger partial charge in [-0.15, -0.1) is 0 Å². The Morgan fingerprint density at radius 1 is 1.25 bits per heavy atom. The van der Waals surface area contributed by atoms with E-state index in [-0.39, 0.29) is 11.7 Å². The molecule has 0 aromatic heterocycles. The highest BCUT2D eigenvalue weighted by Crippen LogP contribution is 2.43. The molecule has 2 atom stereocenters. The highest BCUT2D eigenvalue weighted by molar-refractivity contribution is 5.70. The summed E-state index contributed by atoms with van der Waals surface area (Å²) in [6.07, 6.45) is 6.74. The molecule has 16 heavy (non-hydrogen) atoms. The Morgan fingerprint density at radius 2 is 1.81 bits per heavy atom. The molecule has 3 fully saturated rings. The first kappa shape index (κ1) is 10.4. The van der Waals surface area contributed by atoms with Crippen molar-refractivity contribution in [3.63, 3.8) is 0 Å². The topological polar surface area (TPSA) is 29.5 Å². The molecule has 2 saturated heterocycles. The average molecular weight is 223 g/mol. The molecule has 90 valence electrons. The van der Waals surface area contributed by atoms with Crippen LogP contribution in [0.1, 0.15) is 52.4 Å². The van der Waals surface area contributed by atoms with E-state index in [0.717, 1.165) is 18.8 Å². The monoisotopic (exact) mass is 223 g/mol. The van der Waals surface area contributed by atoms with Gasteiger partial charge in [-0.05, 0) is 51.4 Å². The van der Waals surface area contributed by atoms with Crippen molar-refractivity contribution < 1.29 is 9.53 Å². The SMILES string of the molecule is CC1CC2CCC(C1)N2C(=O)OC1(C)CC1. The molecule has 3 nitrogen and oxygen atoms in total. The molecule has 0 N–H and O–H groups in total. The van der Waals surface area contributed by atoms with Crippen molar-refractivity contribution in [2.24, 2.45) is 5.92 Å². The van der Waals surface area contributed by atoms with Gasteiger partial charge in [-0.2, -0.15) is 0 Å². The van der Waals surface area contributed by atoms with Crippen molar-refractivity contribution in [3.05, 3.63) is 0 Å². The maximum Gasteiger partial charge on any atom is 0.410 e. The van der Waals surface area contributed by atoms with Crippen LogP contribution < -0.4 is 0 Å². The van der Waals surface area contributed by atoms with Gasteiger partial charge in [0.2, 0.25) is 0 Å². The van der Waals surface area contributed by atoms with E-state index < -0.39 is 0 Å². The van der Waals surface area contributed by atoms with Crippen LogP contribution in [0.5, 0.6) is 0 Å². The molecule has 3 aliphatic rings. The van der Waals surface area contributed by atoms with Crippen LogP contribution in [0.25, 0.3) is 0 Å². The van der Waals surface area contributed by atoms with Crippen LogP contribution in [-0.2, 0) is 4.74 Å². The minimum absolute atomic E-state index is 0.0422. The molecule has 0 aromatic carbocycles. The summed E-state index contributed by atoms with van der Waals surface area (Å²) in [6.45, 7) is 4.34. The van der Waals surface area contributed by atoms with Crippen molar-refractivity contribution >= 4 is 6.09 Å². The third kappa shape index (κ3) is 1.70. The summed E-state index contributed by atoms with van der Waals surface area (Å²) in [5.41, 5.74) is -0.125. The fourth-order valence-electron chi connectivity index (χ4n) is 3.29. The number of rotatable bonds is 1. The molecule has 3 rings (SSSR count). The lowest BCUT2D eigenvalue weighted by molar-refractivity contribution is 0.0286. The molecule has 2 unspecified atom stereocenters. The Kier molecular flexibility index (Phi) is 2.20. The minimum Gasteiger partial charge on any atom is -0.443 e. The quantitative estimate of drug-likeness (QED) is 0.684. The summed E-state index contributed by atoms with van der Waals surface area (Å²) < 4.78 is 5.59. The first-order valence-electron chi connectivity index (χ1n) is 6.59. The summed E-state index contributed by atoms with van der Waals surface area (Å²) in [7, 11) is 0. The second-order valence-corrected chi connectivity index (χ2v) is 6.19. The second-order valence-electron chi connectivity index (χ2n) is 6.19. The number of piperidine rings is 1. The Balaban J connectivity index is 1.68. The Hall–Kier alpha value is -0.730. The van der Waals surface area contributed by atoms with E-state index in [1.165, 1.54) is 25.7 Å². The van der Waals surface area contributed by atoms with Crippen LogP contribution in [0.2, 0.25) is 0 Å². The number of ether oxygens (including phenoxy) is 1. The van der Waals surface area contributed by atoms with Crippen LogP contribution in [0, 0.1) is 5.92 Å². The third-order valence-electron chi connectivity index (χ3n) is 4.47. The molecular weight excluding hydrogens is 202 g/mol. The highest BCUT2D eigenvalue weighted by atomic mass is 16.6. The third-order valence-corrected chi connectivity index (χ3v) is 4.47. The van der Waals surface area contributed by atoms with E-state index in [2.05, 4.69) is 6.92 Å². The summed E-state index contributed by atoms with van der Waals surface area (Å²) in [5.74, 6) is 0.776. The first-order chi connectivity index (χ1) is 7.57. The molecule has 2 bridgehead atoms. The van der Waals surface area contributed by atoms with Gasteiger partial charge in [0.05, 0.1) is 0 Å². The molecule has 1 saturated carbocycles. The van der Waals surface area contributed by atoms with E-state index in [9.17, 15) is 4.79 Å². The number of hydrogen-bond acceptors (Lipinski definition) is 2. The smallest absolute Gasteiger partial charge is 0.410 e. The molecule has 2 aliphatic heterocycles. The van der Waals surface area contributed by atoms with Gasteiger partial charge in [0.15, 0.2) is 0 Å². The van der Waals surface area contributed by atoms with Crippen molar-refractivity contribution in [1.29, 1.82) is 0 Å². The first-order valence-corrected chi connectivity index (χ1v) is 6.59. The maximum absolute atomic E-state index is 12.1. The van der Waals surface area contributed by atoms with E-state index >= 15 is 0 Å². The molecule has 1 aliphatic carbocycles. The molecule has 3 heteroatoms. The van der Waals surface area contributed by atoms with Gasteiger partial charge in [0.25, 0.3) is 0 Å². The predicted octanol–water partition coefficient (Wildman–Crippen LogP) is 2.94. The van der Waals surface area contributed by atoms with Gasteiger partial charge in [-0.3, -0.25) is 0 Å². The zero-order valence-corrected chi connectivity index (χ0v) is 10.2. The van der Waals surface area contributed by atoms with Gasteiger partial charge < -0.3 is 9.64 Å². The number of amides is 1. The van der Waals surface area contributed by atoms with E-state index in [4.69, 9.17) is 4.74 Å². The number of nitrogens with zero attached hydrogens (tertiary/aromatic N) is 1. The molecular formula is C13H21NO2. The van der Waals surface area contributed by atoms with Crippen molar-refractivity contribution in [1.82, 2.24) is 4.90 Å². The normalized spacial score (nSPS) is 39.6. The zero-order chi connectivity index (χ0) is 11.3. The van der Waals surface area contributed by atoms with Crippen LogP contribution in [-0.4, -0.2) is 28.7 Å². The van der Waals surface area contributed by atoms with Crippen molar-refractivity contribution in [2.45, 2.75) is 70.1 Å². The Labute approximate surface area is 97.1 Å². The lowest BCUT2D eigenvalue weighted by Gasteiger charge is -2.37.